The Morgan fingerprint density at radius 1 is 1.29 bits per heavy atom. The number of carbonyl (C=O) groups is 2. The van der Waals surface area contributed by atoms with Crippen LogP contribution in [-0.2, 0) is 11.2 Å². The van der Waals surface area contributed by atoms with Crippen LogP contribution in [0.2, 0.25) is 0 Å². The summed E-state index contributed by atoms with van der Waals surface area (Å²) in [5.41, 5.74) is 1.27. The first-order valence-corrected chi connectivity index (χ1v) is 8.84. The Balaban J connectivity index is 1.72. The maximum absolute atomic E-state index is 12.6. The summed E-state index contributed by atoms with van der Waals surface area (Å²) >= 11 is 1.39. The van der Waals surface area contributed by atoms with Crippen LogP contribution < -0.4 is 5.32 Å². The van der Waals surface area contributed by atoms with Gasteiger partial charge in [-0.1, -0.05) is 30.3 Å². The molecule has 0 atom stereocenters. The number of carboxylic acids is 1. The third-order valence-corrected chi connectivity index (χ3v) is 5.58. The van der Waals surface area contributed by atoms with Crippen LogP contribution in [0.1, 0.15) is 51.6 Å². The molecule has 0 unspecified atom stereocenters. The molecular formula is C18H20N2O3S. The van der Waals surface area contributed by atoms with Gasteiger partial charge in [0.25, 0.3) is 5.91 Å². The molecule has 0 bridgehead atoms. The van der Waals surface area contributed by atoms with Gasteiger partial charge in [0, 0.05) is 6.42 Å². The van der Waals surface area contributed by atoms with Crippen LogP contribution in [0.4, 0.5) is 0 Å². The van der Waals surface area contributed by atoms with Gasteiger partial charge in [-0.05, 0) is 31.7 Å². The highest BCUT2D eigenvalue weighted by atomic mass is 32.1. The van der Waals surface area contributed by atoms with Crippen LogP contribution in [0, 0.1) is 6.92 Å². The van der Waals surface area contributed by atoms with Gasteiger partial charge in [0.1, 0.15) is 4.88 Å². The van der Waals surface area contributed by atoms with E-state index in [4.69, 9.17) is 5.11 Å². The number of aryl methyl sites for hydroxylation is 1. The van der Waals surface area contributed by atoms with Crippen LogP contribution in [0.5, 0.6) is 0 Å². The lowest BCUT2D eigenvalue weighted by molar-refractivity contribution is -0.139. The molecule has 0 radical (unpaired) electrons. The Kier molecular flexibility index (Phi) is 4.66. The van der Waals surface area contributed by atoms with Crippen molar-refractivity contribution in [3.8, 4) is 0 Å². The van der Waals surface area contributed by atoms with E-state index >= 15 is 0 Å². The monoisotopic (exact) mass is 344 g/mol. The zero-order chi connectivity index (χ0) is 17.2. The predicted molar refractivity (Wildman–Crippen MR) is 92.4 cm³/mol. The number of nitrogens with zero attached hydrogens (tertiary/aromatic N) is 1. The zero-order valence-electron chi connectivity index (χ0n) is 13.5. The molecule has 1 aliphatic rings. The van der Waals surface area contributed by atoms with E-state index in [9.17, 15) is 9.59 Å². The number of nitrogens with one attached hydrogen (secondary N) is 1. The Bertz CT molecular complexity index is 751. The van der Waals surface area contributed by atoms with Gasteiger partial charge in [0.05, 0.1) is 22.7 Å². The van der Waals surface area contributed by atoms with E-state index in [0.717, 1.165) is 29.8 Å². The first-order valence-electron chi connectivity index (χ1n) is 8.02. The highest BCUT2D eigenvalue weighted by Gasteiger charge is 2.41. The van der Waals surface area contributed by atoms with Crippen molar-refractivity contribution in [3.63, 3.8) is 0 Å². The van der Waals surface area contributed by atoms with Crippen molar-refractivity contribution in [2.24, 2.45) is 0 Å². The van der Waals surface area contributed by atoms with Crippen LogP contribution in [0.3, 0.4) is 0 Å². The maximum Gasteiger partial charge on any atom is 0.305 e. The Morgan fingerprint density at radius 2 is 2.00 bits per heavy atom. The summed E-state index contributed by atoms with van der Waals surface area (Å²) in [5, 5.41) is 12.9. The third-order valence-electron chi connectivity index (χ3n) is 4.42. The Morgan fingerprint density at radius 3 is 2.58 bits per heavy atom. The topological polar surface area (TPSA) is 79.3 Å². The van der Waals surface area contributed by atoms with Crippen molar-refractivity contribution in [1.29, 1.82) is 0 Å². The Labute approximate surface area is 144 Å². The van der Waals surface area contributed by atoms with E-state index in [2.05, 4.69) is 10.3 Å². The second-order valence-corrected chi connectivity index (χ2v) is 7.43. The van der Waals surface area contributed by atoms with Crippen molar-refractivity contribution in [1.82, 2.24) is 10.3 Å². The van der Waals surface area contributed by atoms with Crippen molar-refractivity contribution in [2.75, 3.05) is 0 Å². The average molecular weight is 344 g/mol. The van der Waals surface area contributed by atoms with Crippen LogP contribution in [0.15, 0.2) is 30.3 Å². The number of hydrogen-bond acceptors (Lipinski definition) is 4. The molecule has 1 saturated carbocycles. The first kappa shape index (κ1) is 16.6. The molecule has 1 amide bonds. The summed E-state index contributed by atoms with van der Waals surface area (Å²) < 4.78 is 0. The van der Waals surface area contributed by atoms with Gasteiger partial charge < -0.3 is 10.4 Å². The molecule has 2 aromatic rings. The molecule has 5 nitrogen and oxygen atoms in total. The first-order chi connectivity index (χ1) is 11.5. The van der Waals surface area contributed by atoms with E-state index < -0.39 is 11.5 Å². The minimum absolute atomic E-state index is 0.0204. The van der Waals surface area contributed by atoms with Gasteiger partial charge >= 0.3 is 5.97 Å². The van der Waals surface area contributed by atoms with Crippen molar-refractivity contribution >= 4 is 23.2 Å². The van der Waals surface area contributed by atoms with Gasteiger partial charge in [-0.3, -0.25) is 9.59 Å². The number of rotatable bonds is 6. The van der Waals surface area contributed by atoms with E-state index in [1.54, 1.807) is 0 Å². The Hall–Kier alpha value is -2.21. The van der Waals surface area contributed by atoms with Crippen LogP contribution in [0.25, 0.3) is 0 Å². The number of hydrogen-bond donors (Lipinski definition) is 2. The normalized spacial score (nSPS) is 15.5. The van der Waals surface area contributed by atoms with Gasteiger partial charge in [-0.25, -0.2) is 4.98 Å². The van der Waals surface area contributed by atoms with Crippen molar-refractivity contribution in [3.05, 3.63) is 51.5 Å². The lowest BCUT2D eigenvalue weighted by Crippen LogP contribution is -2.54. The molecule has 1 heterocycles. The number of benzene rings is 1. The molecule has 1 aliphatic carbocycles. The summed E-state index contributed by atoms with van der Waals surface area (Å²) in [6.07, 6.45) is 3.07. The summed E-state index contributed by atoms with van der Waals surface area (Å²) in [6, 6.07) is 10.0. The molecule has 3 rings (SSSR count). The number of thiazole rings is 1. The average Bonchev–Trinajstić information content (AvgIpc) is 2.86. The molecule has 0 saturated heterocycles. The minimum Gasteiger partial charge on any atom is -0.481 e. The fourth-order valence-electron chi connectivity index (χ4n) is 3.05. The number of aromatic nitrogens is 1. The lowest BCUT2D eigenvalue weighted by atomic mass is 9.74. The molecule has 1 fully saturated rings. The van der Waals surface area contributed by atoms with Crippen LogP contribution >= 0.6 is 11.3 Å². The van der Waals surface area contributed by atoms with Crippen molar-refractivity contribution in [2.45, 2.75) is 44.6 Å². The van der Waals surface area contributed by atoms with Gasteiger partial charge in [0.15, 0.2) is 0 Å². The summed E-state index contributed by atoms with van der Waals surface area (Å²) in [6.45, 7) is 1.82. The fraction of sp³-hybridized carbons (Fsp3) is 0.389. The van der Waals surface area contributed by atoms with E-state index in [-0.39, 0.29) is 12.3 Å². The molecule has 2 N–H and O–H groups in total. The van der Waals surface area contributed by atoms with Gasteiger partial charge in [0.2, 0.25) is 0 Å². The molecule has 1 aromatic heterocycles. The third kappa shape index (κ3) is 3.64. The number of aliphatic carboxylic acids is 1. The fourth-order valence-corrected chi connectivity index (χ4v) is 4.04. The molecular weight excluding hydrogens is 324 g/mol. The second kappa shape index (κ2) is 6.73. The summed E-state index contributed by atoms with van der Waals surface area (Å²) in [7, 11) is 0. The van der Waals surface area contributed by atoms with Crippen LogP contribution in [-0.4, -0.2) is 27.5 Å². The van der Waals surface area contributed by atoms with Gasteiger partial charge in [-0.2, -0.15) is 0 Å². The highest BCUT2D eigenvalue weighted by molar-refractivity contribution is 7.13. The zero-order valence-corrected chi connectivity index (χ0v) is 14.4. The number of amides is 1. The van der Waals surface area contributed by atoms with E-state index in [1.165, 1.54) is 11.3 Å². The van der Waals surface area contributed by atoms with E-state index in [1.807, 2.05) is 37.3 Å². The number of carboxylic acid groups (broad SMARTS) is 1. The largest absolute Gasteiger partial charge is 0.481 e. The standard InChI is InChI=1S/C18H20N2O3S/c1-12-16(17(23)20-18(8-5-9-18)11-15(21)22)24-14(19-12)10-13-6-3-2-4-7-13/h2-4,6-7H,5,8-11H2,1H3,(H,20,23)(H,21,22). The maximum atomic E-state index is 12.6. The summed E-state index contributed by atoms with van der Waals surface area (Å²) in [4.78, 5) is 28.7. The molecule has 6 heteroatoms. The van der Waals surface area contributed by atoms with E-state index in [0.29, 0.717) is 17.0 Å². The molecule has 1 aromatic carbocycles. The number of carbonyl (C=O) groups excluding carboxylic acids is 1. The quantitative estimate of drug-likeness (QED) is 0.843. The lowest BCUT2D eigenvalue weighted by Gasteiger charge is -2.41. The second-order valence-electron chi connectivity index (χ2n) is 6.34. The van der Waals surface area contributed by atoms with Crippen molar-refractivity contribution < 1.29 is 14.7 Å². The minimum atomic E-state index is -0.874. The molecule has 126 valence electrons. The predicted octanol–water partition coefficient (Wildman–Crippen LogP) is 3.17. The SMILES string of the molecule is Cc1nc(Cc2ccccc2)sc1C(=O)NC1(CC(=O)O)CCC1. The molecule has 24 heavy (non-hydrogen) atoms. The molecule has 0 spiro atoms. The summed E-state index contributed by atoms with van der Waals surface area (Å²) in [5.74, 6) is -1.08. The molecule has 0 aliphatic heterocycles. The van der Waals surface area contributed by atoms with Gasteiger partial charge in [-0.15, -0.1) is 11.3 Å². The smallest absolute Gasteiger partial charge is 0.305 e. The highest BCUT2D eigenvalue weighted by Crippen LogP contribution is 2.35.